The van der Waals surface area contributed by atoms with Gasteiger partial charge in [-0.15, -0.1) is 31.4 Å². The van der Waals surface area contributed by atoms with E-state index < -0.39 is 22.1 Å². The minimum Gasteiger partial charge on any atom is -0.504 e. The van der Waals surface area contributed by atoms with E-state index in [1.54, 1.807) is 6.08 Å². The highest BCUT2D eigenvalue weighted by atomic mass is 35.5. The minimum absolute atomic E-state index is 0. The molecule has 0 aromatic heterocycles. The lowest BCUT2D eigenvalue weighted by Gasteiger charge is -2.34. The molecule has 1 aromatic rings. The number of nitro benzene ring substituents is 1. The van der Waals surface area contributed by atoms with Gasteiger partial charge in [-0.2, -0.15) is 0 Å². The van der Waals surface area contributed by atoms with E-state index in [9.17, 15) is 20.3 Å². The molecule has 1 aliphatic rings. The highest BCUT2D eigenvalue weighted by molar-refractivity contribution is 5.85. The zero-order chi connectivity index (χ0) is 15.4. The van der Waals surface area contributed by atoms with Crippen molar-refractivity contribution >= 4 is 30.5 Å². The number of piperazine rings is 1. The summed E-state index contributed by atoms with van der Waals surface area (Å²) in [7, 11) is 0. The van der Waals surface area contributed by atoms with Gasteiger partial charge in [0.15, 0.2) is 5.75 Å². The standard InChI is InChI=1S/C14H19N3O4.2ClH/c1-2-3-11(16-6-4-15-5-7-16)10-8-12(17(20)21)14(19)13(18)9-10;;/h2,8-9,11,15,18-19H,1,3-7H2;2*1H/t11-;;/m1../s1. The number of rotatable bonds is 5. The summed E-state index contributed by atoms with van der Waals surface area (Å²) in [5.41, 5.74) is 0.132. The number of aromatic hydroxyl groups is 2. The summed E-state index contributed by atoms with van der Waals surface area (Å²) < 4.78 is 0. The number of nitro groups is 1. The maximum Gasteiger partial charge on any atom is 0.314 e. The van der Waals surface area contributed by atoms with Crippen LogP contribution in [0.3, 0.4) is 0 Å². The molecule has 1 fully saturated rings. The van der Waals surface area contributed by atoms with Crippen LogP contribution in [0.5, 0.6) is 11.5 Å². The van der Waals surface area contributed by atoms with Gasteiger partial charge < -0.3 is 15.5 Å². The van der Waals surface area contributed by atoms with Crippen LogP contribution in [0.25, 0.3) is 0 Å². The van der Waals surface area contributed by atoms with Crippen LogP contribution < -0.4 is 5.32 Å². The number of benzene rings is 1. The molecule has 7 nitrogen and oxygen atoms in total. The fraction of sp³-hybridized carbons (Fsp3) is 0.429. The predicted octanol–water partition coefficient (Wildman–Crippen LogP) is 2.37. The van der Waals surface area contributed by atoms with Crippen LogP contribution in [0.1, 0.15) is 18.0 Å². The lowest BCUT2D eigenvalue weighted by molar-refractivity contribution is -0.386. The number of hydrogen-bond acceptors (Lipinski definition) is 6. The first kappa shape index (κ1) is 21.5. The number of nitrogens with one attached hydrogen (secondary N) is 1. The molecule has 23 heavy (non-hydrogen) atoms. The van der Waals surface area contributed by atoms with E-state index in [4.69, 9.17) is 0 Å². The molecule has 130 valence electrons. The molecule has 2 rings (SSSR count). The van der Waals surface area contributed by atoms with E-state index in [0.29, 0.717) is 12.0 Å². The molecule has 1 saturated heterocycles. The Morgan fingerprint density at radius 1 is 1.35 bits per heavy atom. The molecule has 0 unspecified atom stereocenters. The van der Waals surface area contributed by atoms with E-state index in [-0.39, 0.29) is 30.9 Å². The summed E-state index contributed by atoms with van der Waals surface area (Å²) in [5, 5.41) is 33.5. The summed E-state index contributed by atoms with van der Waals surface area (Å²) in [6, 6.07) is 2.61. The lowest BCUT2D eigenvalue weighted by atomic mass is 9.99. The van der Waals surface area contributed by atoms with Crippen LogP contribution in [0, 0.1) is 10.1 Å². The molecule has 1 aromatic carbocycles. The van der Waals surface area contributed by atoms with Crippen molar-refractivity contribution in [2.45, 2.75) is 12.5 Å². The molecule has 0 radical (unpaired) electrons. The van der Waals surface area contributed by atoms with Crippen molar-refractivity contribution in [2.24, 2.45) is 0 Å². The third kappa shape index (κ3) is 4.97. The van der Waals surface area contributed by atoms with Crippen molar-refractivity contribution in [3.8, 4) is 11.5 Å². The van der Waals surface area contributed by atoms with E-state index in [2.05, 4.69) is 16.8 Å². The quantitative estimate of drug-likeness (QED) is 0.320. The Morgan fingerprint density at radius 2 is 1.96 bits per heavy atom. The van der Waals surface area contributed by atoms with Crippen LogP contribution in [0.15, 0.2) is 24.8 Å². The Bertz CT molecular complexity index is 551. The number of phenols is 2. The molecule has 1 aliphatic heterocycles. The van der Waals surface area contributed by atoms with Crippen molar-refractivity contribution in [1.29, 1.82) is 0 Å². The largest absolute Gasteiger partial charge is 0.504 e. The van der Waals surface area contributed by atoms with Crippen LogP contribution in [-0.4, -0.2) is 46.2 Å². The van der Waals surface area contributed by atoms with Gasteiger partial charge in [-0.05, 0) is 18.1 Å². The Morgan fingerprint density at radius 3 is 2.48 bits per heavy atom. The average molecular weight is 366 g/mol. The zero-order valence-corrected chi connectivity index (χ0v) is 14.1. The second kappa shape index (κ2) is 9.57. The first-order valence-corrected chi connectivity index (χ1v) is 6.80. The molecule has 9 heteroatoms. The summed E-state index contributed by atoms with van der Waals surface area (Å²) in [6.45, 7) is 7.05. The minimum atomic E-state index is -0.693. The number of phenolic OH excluding ortho intramolecular Hbond substituents is 2. The lowest BCUT2D eigenvalue weighted by Crippen LogP contribution is -2.45. The third-order valence-electron chi connectivity index (χ3n) is 3.66. The van der Waals surface area contributed by atoms with E-state index in [0.717, 1.165) is 26.2 Å². The van der Waals surface area contributed by atoms with Crippen molar-refractivity contribution in [1.82, 2.24) is 10.2 Å². The van der Waals surface area contributed by atoms with Gasteiger partial charge in [0.1, 0.15) is 0 Å². The van der Waals surface area contributed by atoms with E-state index in [1.165, 1.54) is 12.1 Å². The first-order chi connectivity index (χ1) is 10.0. The summed E-state index contributed by atoms with van der Waals surface area (Å²) in [4.78, 5) is 12.5. The Labute approximate surface area is 147 Å². The van der Waals surface area contributed by atoms with Crippen LogP contribution in [-0.2, 0) is 0 Å². The molecular weight excluding hydrogens is 345 g/mol. The maximum absolute atomic E-state index is 11.0. The van der Waals surface area contributed by atoms with Gasteiger partial charge in [0, 0.05) is 38.3 Å². The van der Waals surface area contributed by atoms with Crippen molar-refractivity contribution in [3.63, 3.8) is 0 Å². The van der Waals surface area contributed by atoms with E-state index in [1.807, 2.05) is 0 Å². The fourth-order valence-corrected chi connectivity index (χ4v) is 2.60. The van der Waals surface area contributed by atoms with Gasteiger partial charge in [-0.3, -0.25) is 15.0 Å². The molecule has 1 heterocycles. The van der Waals surface area contributed by atoms with Crippen molar-refractivity contribution < 1.29 is 15.1 Å². The highest BCUT2D eigenvalue weighted by Crippen LogP contribution is 2.39. The molecular formula is C14H21Cl2N3O4. The second-order valence-corrected chi connectivity index (χ2v) is 4.99. The zero-order valence-electron chi connectivity index (χ0n) is 12.5. The van der Waals surface area contributed by atoms with Crippen LogP contribution >= 0.6 is 24.8 Å². The molecule has 0 aliphatic carbocycles. The highest BCUT2D eigenvalue weighted by Gasteiger charge is 2.26. The van der Waals surface area contributed by atoms with E-state index >= 15 is 0 Å². The van der Waals surface area contributed by atoms with Crippen molar-refractivity contribution in [2.75, 3.05) is 26.2 Å². The number of hydrogen-bond donors (Lipinski definition) is 3. The SMILES string of the molecule is C=CC[C@H](c1cc(O)c(O)c([N+](=O)[O-])c1)N1CCNCC1.Cl.Cl. The summed E-state index contributed by atoms with van der Waals surface area (Å²) >= 11 is 0. The molecule has 0 spiro atoms. The smallest absolute Gasteiger partial charge is 0.314 e. The van der Waals surface area contributed by atoms with Gasteiger partial charge in [-0.1, -0.05) is 6.08 Å². The normalized spacial score (nSPS) is 15.8. The topological polar surface area (TPSA) is 98.9 Å². The Balaban J connectivity index is 0.00000242. The molecule has 3 N–H and O–H groups in total. The average Bonchev–Trinajstić information content (AvgIpc) is 2.48. The van der Waals surface area contributed by atoms with Gasteiger partial charge in [0.05, 0.1) is 4.92 Å². The Kier molecular flexibility index (Phi) is 8.93. The molecule has 1 atom stereocenters. The van der Waals surface area contributed by atoms with Gasteiger partial charge in [-0.25, -0.2) is 0 Å². The molecule has 0 amide bonds. The number of halogens is 2. The van der Waals surface area contributed by atoms with Crippen molar-refractivity contribution in [3.05, 3.63) is 40.5 Å². The van der Waals surface area contributed by atoms with Gasteiger partial charge in [0.2, 0.25) is 5.75 Å². The summed E-state index contributed by atoms with van der Waals surface area (Å²) in [5.74, 6) is -1.16. The molecule has 0 bridgehead atoms. The van der Waals surface area contributed by atoms with Gasteiger partial charge in [0.25, 0.3) is 0 Å². The summed E-state index contributed by atoms with van der Waals surface area (Å²) in [6.07, 6.45) is 2.36. The molecule has 0 saturated carbocycles. The van der Waals surface area contributed by atoms with Crippen LogP contribution in [0.2, 0.25) is 0 Å². The Hall–Kier alpha value is -1.54. The maximum atomic E-state index is 11.0. The van der Waals surface area contributed by atoms with Gasteiger partial charge >= 0.3 is 5.69 Å². The monoisotopic (exact) mass is 365 g/mol. The predicted molar refractivity (Wildman–Crippen MR) is 92.9 cm³/mol. The second-order valence-electron chi connectivity index (χ2n) is 4.99. The first-order valence-electron chi connectivity index (χ1n) is 6.80. The fourth-order valence-electron chi connectivity index (χ4n) is 2.60. The van der Waals surface area contributed by atoms with Crippen LogP contribution in [0.4, 0.5) is 5.69 Å². The third-order valence-corrected chi connectivity index (χ3v) is 3.66. The number of nitrogens with zero attached hydrogens (tertiary/aromatic N) is 2.